The van der Waals surface area contributed by atoms with Crippen molar-refractivity contribution in [1.29, 1.82) is 0 Å². The molecule has 184 valence electrons. The molecule has 34 heavy (non-hydrogen) atoms. The van der Waals surface area contributed by atoms with E-state index in [0.717, 1.165) is 18.4 Å². The van der Waals surface area contributed by atoms with Crippen LogP contribution in [0.25, 0.3) is 0 Å². The molecule has 2 aromatic carbocycles. The van der Waals surface area contributed by atoms with Crippen molar-refractivity contribution < 1.29 is 43.9 Å². The van der Waals surface area contributed by atoms with E-state index in [1.807, 2.05) is 62.4 Å². The third kappa shape index (κ3) is 6.86. The van der Waals surface area contributed by atoms with Crippen molar-refractivity contribution in [3.63, 3.8) is 0 Å². The molecule has 1 N–H and O–H groups in total. The molecule has 0 aliphatic carbocycles. The Hall–Kier alpha value is -2.30. The Morgan fingerprint density at radius 1 is 1.12 bits per heavy atom. The second-order valence-corrected chi connectivity index (χ2v) is 10.7. The molecular formula is C26H32IN2O5-. The zero-order chi connectivity index (χ0) is 24.6. The molecular weight excluding hydrogens is 547 g/mol. The molecule has 2 amide bonds. The van der Waals surface area contributed by atoms with E-state index in [-0.39, 0.29) is 16.2 Å². The van der Waals surface area contributed by atoms with Crippen molar-refractivity contribution in [3.05, 3.63) is 71.8 Å². The maximum absolute atomic E-state index is 13.6. The van der Waals surface area contributed by atoms with Gasteiger partial charge in [0, 0.05) is 0 Å². The number of carbonyl (C=O) groups excluding carboxylic acids is 3. The van der Waals surface area contributed by atoms with Crippen LogP contribution in [-0.2, 0) is 19.1 Å². The molecule has 2 aromatic rings. The molecule has 8 heteroatoms. The third-order valence-electron chi connectivity index (χ3n) is 5.92. The van der Waals surface area contributed by atoms with Crippen molar-refractivity contribution >= 4 is 15.8 Å². The fourth-order valence-electron chi connectivity index (χ4n) is 3.97. The first kappa shape index (κ1) is 26.3. The summed E-state index contributed by atoms with van der Waals surface area (Å²) in [4.78, 5) is 39.9. The Morgan fingerprint density at radius 3 is 2.41 bits per heavy atom. The van der Waals surface area contributed by atoms with Gasteiger partial charge in [0.05, 0.1) is 0 Å². The van der Waals surface area contributed by atoms with Crippen LogP contribution >= 0.6 is 0 Å². The number of nitrogens with one attached hydrogen (secondary N) is 1. The van der Waals surface area contributed by atoms with Gasteiger partial charge >= 0.3 is 212 Å². The molecule has 1 aliphatic heterocycles. The number of ether oxygens (including phenoxy) is 1. The van der Waals surface area contributed by atoms with Gasteiger partial charge in [-0.05, 0) is 0 Å². The number of hydrogen-bond donors (Lipinski definition) is 1. The number of benzene rings is 2. The van der Waals surface area contributed by atoms with Gasteiger partial charge in [0.25, 0.3) is 0 Å². The van der Waals surface area contributed by atoms with Crippen LogP contribution in [0.1, 0.15) is 56.0 Å². The number of hydroxylamine groups is 1. The standard InChI is InChI=1S/C26H32IN2O5/c1-4-5-14-21(18-28-34-27-23(30)20-15-10-7-11-16-20)24(31)29-22(26(2,3)33-25(29)32)17-19-12-8-6-9-13-19/h6-13,15-16,21-22,28H,4-5,14,17-18H2,1-3H3/q-1/t21-,22+/m1/s1. The van der Waals surface area contributed by atoms with Gasteiger partial charge in [0.1, 0.15) is 0 Å². The van der Waals surface area contributed by atoms with Gasteiger partial charge in [-0.15, -0.1) is 0 Å². The van der Waals surface area contributed by atoms with E-state index in [0.29, 0.717) is 18.4 Å². The Labute approximate surface area is 212 Å². The molecule has 0 aromatic heterocycles. The summed E-state index contributed by atoms with van der Waals surface area (Å²) in [7, 11) is 0. The van der Waals surface area contributed by atoms with Gasteiger partial charge < -0.3 is 0 Å². The summed E-state index contributed by atoms with van der Waals surface area (Å²) in [6.07, 6.45) is 2.29. The summed E-state index contributed by atoms with van der Waals surface area (Å²) in [6.45, 7) is 5.96. The molecule has 3 rings (SSSR count). The van der Waals surface area contributed by atoms with E-state index in [2.05, 4.69) is 12.4 Å². The molecule has 1 fully saturated rings. The zero-order valence-corrected chi connectivity index (χ0v) is 22.0. The quantitative estimate of drug-likeness (QED) is 0.178. The van der Waals surface area contributed by atoms with E-state index < -0.39 is 45.3 Å². The minimum atomic E-state index is -1.23. The number of cyclic esters (lactones) is 1. The van der Waals surface area contributed by atoms with Gasteiger partial charge in [-0.25, -0.2) is 0 Å². The monoisotopic (exact) mass is 579 g/mol. The third-order valence-corrected chi connectivity index (χ3v) is 7.47. The SMILES string of the molecule is CCCC[C@H](CNO[I-]C(=O)c1ccccc1)C(=O)N1C(=O)OC(C)(C)[C@@H]1Cc1ccccc1. The van der Waals surface area contributed by atoms with Crippen LogP contribution in [0.5, 0.6) is 0 Å². The Morgan fingerprint density at radius 2 is 1.76 bits per heavy atom. The van der Waals surface area contributed by atoms with E-state index in [4.69, 9.17) is 7.90 Å². The number of imide groups is 1. The van der Waals surface area contributed by atoms with E-state index in [1.165, 1.54) is 4.90 Å². The number of nitrogens with zero attached hydrogens (tertiary/aromatic N) is 1. The van der Waals surface area contributed by atoms with Crippen molar-refractivity contribution in [2.75, 3.05) is 6.54 Å². The number of hydrogen-bond acceptors (Lipinski definition) is 6. The molecule has 0 radical (unpaired) electrons. The van der Waals surface area contributed by atoms with Crippen molar-refractivity contribution in [2.45, 2.75) is 58.1 Å². The number of amides is 2. The molecule has 0 saturated carbocycles. The van der Waals surface area contributed by atoms with E-state index in [9.17, 15) is 14.4 Å². The Kier molecular flexibility index (Phi) is 9.61. The average molecular weight is 579 g/mol. The van der Waals surface area contributed by atoms with Crippen LogP contribution in [-0.4, -0.2) is 38.9 Å². The normalized spacial score (nSPS) is 18.0. The first-order valence-electron chi connectivity index (χ1n) is 11.6. The summed E-state index contributed by atoms with van der Waals surface area (Å²) >= 11 is -1.23. The topological polar surface area (TPSA) is 84.9 Å². The Bertz CT molecular complexity index is 968. The van der Waals surface area contributed by atoms with Crippen LogP contribution in [0.4, 0.5) is 4.79 Å². The number of halogens is 1. The van der Waals surface area contributed by atoms with Gasteiger partial charge in [0.2, 0.25) is 0 Å². The van der Waals surface area contributed by atoms with Crippen LogP contribution in [0.2, 0.25) is 0 Å². The number of unbranched alkanes of at least 4 members (excludes halogenated alkanes) is 1. The predicted octanol–water partition coefficient (Wildman–Crippen LogP) is 1.53. The number of rotatable bonds is 12. The predicted molar refractivity (Wildman–Crippen MR) is 124 cm³/mol. The van der Waals surface area contributed by atoms with Gasteiger partial charge in [0.15, 0.2) is 0 Å². The first-order valence-corrected chi connectivity index (χ1v) is 13.5. The molecule has 1 heterocycles. The maximum atomic E-state index is 13.6. The summed E-state index contributed by atoms with van der Waals surface area (Å²) in [5.74, 6) is -0.732. The van der Waals surface area contributed by atoms with Crippen molar-refractivity contribution in [3.8, 4) is 0 Å². The molecule has 0 unspecified atom stereocenters. The van der Waals surface area contributed by atoms with Gasteiger partial charge in [-0.1, -0.05) is 0 Å². The molecule has 1 saturated heterocycles. The Balaban J connectivity index is 1.66. The second-order valence-electron chi connectivity index (χ2n) is 8.87. The summed E-state index contributed by atoms with van der Waals surface area (Å²) in [5, 5.41) is 0. The second kappa shape index (κ2) is 12.4. The number of carbonyl (C=O) groups is 3. The van der Waals surface area contributed by atoms with Crippen LogP contribution < -0.4 is 27.1 Å². The first-order chi connectivity index (χ1) is 16.3. The molecule has 0 bridgehead atoms. The van der Waals surface area contributed by atoms with E-state index >= 15 is 0 Å². The fourth-order valence-corrected chi connectivity index (χ4v) is 5.12. The molecule has 1 aliphatic rings. The zero-order valence-electron chi connectivity index (χ0n) is 19.8. The van der Waals surface area contributed by atoms with Crippen molar-refractivity contribution in [1.82, 2.24) is 10.4 Å². The minimum absolute atomic E-state index is 0.0452. The van der Waals surface area contributed by atoms with Crippen LogP contribution in [0.15, 0.2) is 60.7 Å². The van der Waals surface area contributed by atoms with E-state index in [1.54, 1.807) is 12.1 Å². The van der Waals surface area contributed by atoms with Crippen molar-refractivity contribution in [2.24, 2.45) is 5.92 Å². The van der Waals surface area contributed by atoms with Crippen LogP contribution in [0, 0.1) is 5.92 Å². The van der Waals surface area contributed by atoms with Gasteiger partial charge in [-0.2, -0.15) is 0 Å². The van der Waals surface area contributed by atoms with Gasteiger partial charge in [-0.3, -0.25) is 0 Å². The average Bonchev–Trinajstić information content (AvgIpc) is 3.06. The van der Waals surface area contributed by atoms with Crippen LogP contribution in [0.3, 0.4) is 0 Å². The molecule has 2 atom stereocenters. The fraction of sp³-hybridized carbons (Fsp3) is 0.423. The molecule has 0 spiro atoms. The summed E-state index contributed by atoms with van der Waals surface area (Å²) in [5.41, 5.74) is 3.68. The molecule has 7 nitrogen and oxygen atoms in total. The summed E-state index contributed by atoms with van der Waals surface area (Å²) in [6, 6.07) is 18.4. The summed E-state index contributed by atoms with van der Waals surface area (Å²) < 4.78 is 11.0.